The first kappa shape index (κ1) is 17.5. The summed E-state index contributed by atoms with van der Waals surface area (Å²) in [4.78, 5) is 16.1. The third-order valence-electron chi connectivity index (χ3n) is 2.92. The Labute approximate surface area is 130 Å². The first-order valence-corrected chi connectivity index (χ1v) is 6.81. The van der Waals surface area contributed by atoms with Crippen molar-refractivity contribution in [2.75, 3.05) is 11.9 Å². The van der Waals surface area contributed by atoms with E-state index in [1.807, 2.05) is 39.0 Å². The predicted molar refractivity (Wildman–Crippen MR) is 86.9 cm³/mol. The fourth-order valence-electron chi connectivity index (χ4n) is 1.81. The molecular formula is C15H22ClN3O2. The van der Waals surface area contributed by atoms with E-state index in [-0.39, 0.29) is 23.7 Å². The number of halogens is 1. The van der Waals surface area contributed by atoms with Gasteiger partial charge in [-0.15, -0.1) is 12.4 Å². The number of carbonyl (C=O) groups is 1. The highest BCUT2D eigenvalue weighted by molar-refractivity contribution is 5.92. The number of amides is 1. The third-order valence-corrected chi connectivity index (χ3v) is 2.92. The summed E-state index contributed by atoms with van der Waals surface area (Å²) < 4.78 is 5.72. The average molecular weight is 312 g/mol. The van der Waals surface area contributed by atoms with Crippen LogP contribution in [0.15, 0.2) is 22.6 Å². The first-order valence-electron chi connectivity index (χ1n) is 6.81. The largest absolute Gasteiger partial charge is 0.440 e. The number of nitrogens with one attached hydrogen (secondary N) is 1. The number of hydrogen-bond acceptors (Lipinski definition) is 4. The van der Waals surface area contributed by atoms with Crippen molar-refractivity contribution in [1.29, 1.82) is 0 Å². The highest BCUT2D eigenvalue weighted by Gasteiger charge is 2.20. The van der Waals surface area contributed by atoms with Crippen LogP contribution >= 0.6 is 12.4 Å². The fourth-order valence-corrected chi connectivity index (χ4v) is 1.81. The van der Waals surface area contributed by atoms with E-state index in [9.17, 15) is 4.79 Å². The van der Waals surface area contributed by atoms with Crippen LogP contribution in [-0.2, 0) is 10.2 Å². The number of anilines is 1. The summed E-state index contributed by atoms with van der Waals surface area (Å²) in [5.74, 6) is 0.661. The standard InChI is InChI=1S/C15H21N3O2.ClH/c1-15(2,3)14-18-11-9-10(6-7-12(11)20-14)17-13(19)5-4-8-16;/h6-7,9H,4-5,8,16H2,1-3H3,(H,17,19);1H. The molecular weight excluding hydrogens is 290 g/mol. The Morgan fingerprint density at radius 1 is 1.38 bits per heavy atom. The Morgan fingerprint density at radius 3 is 2.71 bits per heavy atom. The summed E-state index contributed by atoms with van der Waals surface area (Å²) in [6, 6.07) is 5.48. The van der Waals surface area contributed by atoms with E-state index in [0.29, 0.717) is 25.3 Å². The first-order chi connectivity index (χ1) is 9.40. The van der Waals surface area contributed by atoms with Gasteiger partial charge in [-0.05, 0) is 31.2 Å². The van der Waals surface area contributed by atoms with Crippen molar-refractivity contribution in [3.05, 3.63) is 24.1 Å². The monoisotopic (exact) mass is 311 g/mol. The van der Waals surface area contributed by atoms with Gasteiger partial charge in [0.15, 0.2) is 5.58 Å². The average Bonchev–Trinajstić information content (AvgIpc) is 2.79. The molecule has 6 heteroatoms. The van der Waals surface area contributed by atoms with E-state index in [0.717, 1.165) is 16.8 Å². The molecule has 0 unspecified atom stereocenters. The van der Waals surface area contributed by atoms with Gasteiger partial charge in [0.2, 0.25) is 11.8 Å². The van der Waals surface area contributed by atoms with Gasteiger partial charge in [-0.3, -0.25) is 4.79 Å². The van der Waals surface area contributed by atoms with E-state index < -0.39 is 0 Å². The van der Waals surface area contributed by atoms with Crippen molar-refractivity contribution in [1.82, 2.24) is 4.98 Å². The molecule has 0 spiro atoms. The predicted octanol–water partition coefficient (Wildman–Crippen LogP) is 3.22. The number of carbonyl (C=O) groups excluding carboxylic acids is 1. The van der Waals surface area contributed by atoms with Crippen LogP contribution < -0.4 is 11.1 Å². The maximum absolute atomic E-state index is 11.7. The molecule has 0 fully saturated rings. The van der Waals surface area contributed by atoms with Gasteiger partial charge in [-0.1, -0.05) is 20.8 Å². The van der Waals surface area contributed by atoms with E-state index >= 15 is 0 Å². The molecule has 2 aromatic rings. The summed E-state index contributed by atoms with van der Waals surface area (Å²) in [7, 11) is 0. The molecule has 0 atom stereocenters. The lowest BCUT2D eigenvalue weighted by Gasteiger charge is -2.11. The van der Waals surface area contributed by atoms with Gasteiger partial charge in [-0.25, -0.2) is 4.98 Å². The molecule has 1 heterocycles. The summed E-state index contributed by atoms with van der Waals surface area (Å²) in [6.07, 6.45) is 1.12. The number of fused-ring (bicyclic) bond motifs is 1. The Bertz CT molecular complexity index is 617. The van der Waals surface area contributed by atoms with Crippen molar-refractivity contribution in [3.8, 4) is 0 Å². The molecule has 1 aromatic carbocycles. The smallest absolute Gasteiger partial charge is 0.224 e. The van der Waals surface area contributed by atoms with Crippen molar-refractivity contribution >= 4 is 35.1 Å². The van der Waals surface area contributed by atoms with E-state index in [4.69, 9.17) is 10.2 Å². The summed E-state index contributed by atoms with van der Waals surface area (Å²) in [5.41, 5.74) is 7.47. The van der Waals surface area contributed by atoms with Gasteiger partial charge >= 0.3 is 0 Å². The molecule has 0 aliphatic carbocycles. The van der Waals surface area contributed by atoms with Crippen molar-refractivity contribution in [3.63, 3.8) is 0 Å². The maximum atomic E-state index is 11.7. The van der Waals surface area contributed by atoms with Gasteiger partial charge in [0.25, 0.3) is 0 Å². The molecule has 5 nitrogen and oxygen atoms in total. The van der Waals surface area contributed by atoms with E-state index in [1.54, 1.807) is 0 Å². The molecule has 0 radical (unpaired) electrons. The Kier molecular flexibility index (Phi) is 5.75. The van der Waals surface area contributed by atoms with Gasteiger partial charge in [-0.2, -0.15) is 0 Å². The number of benzene rings is 1. The Balaban J connectivity index is 0.00000220. The molecule has 0 saturated carbocycles. The second-order valence-corrected chi connectivity index (χ2v) is 5.89. The molecule has 0 bridgehead atoms. The van der Waals surface area contributed by atoms with E-state index in [1.165, 1.54) is 0 Å². The minimum absolute atomic E-state index is 0. The second kappa shape index (κ2) is 6.91. The summed E-state index contributed by atoms with van der Waals surface area (Å²) in [5, 5.41) is 2.84. The molecule has 21 heavy (non-hydrogen) atoms. The van der Waals surface area contributed by atoms with Crippen LogP contribution in [0.3, 0.4) is 0 Å². The Hall–Kier alpha value is -1.59. The number of nitrogens with zero attached hydrogens (tertiary/aromatic N) is 1. The minimum atomic E-state index is -0.135. The molecule has 1 aromatic heterocycles. The fraction of sp³-hybridized carbons (Fsp3) is 0.467. The number of rotatable bonds is 4. The zero-order valence-corrected chi connectivity index (χ0v) is 13.4. The van der Waals surface area contributed by atoms with Crippen LogP contribution in [-0.4, -0.2) is 17.4 Å². The van der Waals surface area contributed by atoms with Crippen LogP contribution in [0.25, 0.3) is 11.1 Å². The lowest BCUT2D eigenvalue weighted by Crippen LogP contribution is -2.13. The van der Waals surface area contributed by atoms with Gasteiger partial charge in [0, 0.05) is 17.5 Å². The quantitative estimate of drug-likeness (QED) is 0.908. The minimum Gasteiger partial charge on any atom is -0.440 e. The van der Waals surface area contributed by atoms with Crippen LogP contribution in [0.4, 0.5) is 5.69 Å². The summed E-state index contributed by atoms with van der Waals surface area (Å²) in [6.45, 7) is 6.67. The zero-order valence-electron chi connectivity index (χ0n) is 12.6. The molecule has 1 amide bonds. The van der Waals surface area contributed by atoms with Crippen molar-refractivity contribution in [2.24, 2.45) is 5.73 Å². The number of oxazole rings is 1. The molecule has 3 N–H and O–H groups in total. The lowest BCUT2D eigenvalue weighted by atomic mass is 9.97. The molecule has 0 aliphatic heterocycles. The molecule has 116 valence electrons. The van der Waals surface area contributed by atoms with Crippen molar-refractivity contribution < 1.29 is 9.21 Å². The van der Waals surface area contributed by atoms with Crippen LogP contribution in [0, 0.1) is 0 Å². The van der Waals surface area contributed by atoms with Gasteiger partial charge in [0.05, 0.1) is 0 Å². The highest BCUT2D eigenvalue weighted by atomic mass is 35.5. The number of hydrogen-bond donors (Lipinski definition) is 2. The van der Waals surface area contributed by atoms with Crippen LogP contribution in [0.1, 0.15) is 39.5 Å². The topological polar surface area (TPSA) is 81.2 Å². The lowest BCUT2D eigenvalue weighted by molar-refractivity contribution is -0.116. The SMILES string of the molecule is CC(C)(C)c1nc2cc(NC(=O)CCCN)ccc2o1.Cl. The normalized spacial score (nSPS) is 11.2. The van der Waals surface area contributed by atoms with Gasteiger partial charge in [0.1, 0.15) is 5.52 Å². The summed E-state index contributed by atoms with van der Waals surface area (Å²) >= 11 is 0. The molecule has 0 aliphatic rings. The van der Waals surface area contributed by atoms with Crippen LogP contribution in [0.2, 0.25) is 0 Å². The number of nitrogens with two attached hydrogens (primary N) is 1. The Morgan fingerprint density at radius 2 is 2.10 bits per heavy atom. The zero-order chi connectivity index (χ0) is 14.8. The number of aromatic nitrogens is 1. The molecule has 0 saturated heterocycles. The van der Waals surface area contributed by atoms with Crippen LogP contribution in [0.5, 0.6) is 0 Å². The third kappa shape index (κ3) is 4.44. The van der Waals surface area contributed by atoms with Gasteiger partial charge < -0.3 is 15.5 Å². The van der Waals surface area contributed by atoms with E-state index in [2.05, 4.69) is 10.3 Å². The second-order valence-electron chi connectivity index (χ2n) is 5.89. The highest BCUT2D eigenvalue weighted by Crippen LogP contribution is 2.27. The molecule has 2 rings (SSSR count). The maximum Gasteiger partial charge on any atom is 0.224 e. The van der Waals surface area contributed by atoms with Crippen molar-refractivity contribution in [2.45, 2.75) is 39.0 Å².